The maximum absolute atomic E-state index is 10.6. The summed E-state index contributed by atoms with van der Waals surface area (Å²) >= 11 is 4.91. The van der Waals surface area contributed by atoms with Gasteiger partial charge in [-0.05, 0) is 44.1 Å². The molecule has 5 heteroatoms. The standard InChI is InChI=1S/C10H18ClNO3/c1-3-12(4-2)7-5-6-8-15-10(14)9(11)13/h3-8H2,1-2H3. The minimum atomic E-state index is -1.06. The van der Waals surface area contributed by atoms with E-state index in [-0.39, 0.29) is 6.61 Å². The third kappa shape index (κ3) is 7.33. The third-order valence-corrected chi connectivity index (χ3v) is 2.31. The van der Waals surface area contributed by atoms with Crippen LogP contribution in [-0.4, -0.2) is 42.4 Å². The summed E-state index contributed by atoms with van der Waals surface area (Å²) in [5.74, 6) is -0.959. The minimum Gasteiger partial charge on any atom is -0.459 e. The van der Waals surface area contributed by atoms with Crippen molar-refractivity contribution in [3.8, 4) is 0 Å². The van der Waals surface area contributed by atoms with E-state index in [9.17, 15) is 9.59 Å². The normalized spacial score (nSPS) is 10.4. The molecule has 0 spiro atoms. The number of ether oxygens (including phenoxy) is 1. The second-order valence-electron chi connectivity index (χ2n) is 3.14. The number of hydrogen-bond acceptors (Lipinski definition) is 4. The van der Waals surface area contributed by atoms with E-state index < -0.39 is 11.2 Å². The van der Waals surface area contributed by atoms with Crippen molar-refractivity contribution in [2.24, 2.45) is 0 Å². The number of esters is 1. The first-order valence-corrected chi connectivity index (χ1v) is 5.58. The van der Waals surface area contributed by atoms with Gasteiger partial charge in [0.15, 0.2) is 0 Å². The molecule has 0 radical (unpaired) electrons. The van der Waals surface area contributed by atoms with Crippen LogP contribution in [0.25, 0.3) is 0 Å². The van der Waals surface area contributed by atoms with Gasteiger partial charge in [0.2, 0.25) is 0 Å². The van der Waals surface area contributed by atoms with Crippen LogP contribution in [0.1, 0.15) is 26.7 Å². The molecule has 0 amide bonds. The van der Waals surface area contributed by atoms with E-state index in [0.29, 0.717) is 0 Å². The summed E-state index contributed by atoms with van der Waals surface area (Å²) in [6.45, 7) is 7.51. The van der Waals surface area contributed by atoms with E-state index in [1.807, 2.05) is 0 Å². The van der Waals surface area contributed by atoms with Crippen molar-refractivity contribution in [3.63, 3.8) is 0 Å². The number of hydrogen-bond donors (Lipinski definition) is 0. The lowest BCUT2D eigenvalue weighted by molar-refractivity contribution is -0.150. The second-order valence-corrected chi connectivity index (χ2v) is 3.49. The van der Waals surface area contributed by atoms with Crippen molar-refractivity contribution < 1.29 is 14.3 Å². The van der Waals surface area contributed by atoms with Crippen molar-refractivity contribution in [2.75, 3.05) is 26.2 Å². The van der Waals surface area contributed by atoms with Gasteiger partial charge in [0.1, 0.15) is 0 Å². The Hall–Kier alpha value is -0.610. The first-order chi connectivity index (χ1) is 7.11. The third-order valence-electron chi connectivity index (χ3n) is 2.16. The summed E-state index contributed by atoms with van der Waals surface area (Å²) in [5, 5.41) is -1.06. The van der Waals surface area contributed by atoms with Crippen LogP contribution in [0.3, 0.4) is 0 Å². The van der Waals surface area contributed by atoms with Crippen molar-refractivity contribution >= 4 is 22.8 Å². The molecule has 0 aliphatic carbocycles. The Morgan fingerprint density at radius 1 is 1.20 bits per heavy atom. The fourth-order valence-electron chi connectivity index (χ4n) is 1.20. The van der Waals surface area contributed by atoms with Crippen LogP contribution >= 0.6 is 11.6 Å². The summed E-state index contributed by atoms with van der Waals surface area (Å²) in [4.78, 5) is 23.2. The Morgan fingerprint density at radius 3 is 2.27 bits per heavy atom. The van der Waals surface area contributed by atoms with Gasteiger partial charge in [0, 0.05) is 0 Å². The summed E-state index contributed by atoms with van der Waals surface area (Å²) in [6.07, 6.45) is 1.71. The summed E-state index contributed by atoms with van der Waals surface area (Å²) in [7, 11) is 0. The molecule has 0 aliphatic rings. The number of carbonyl (C=O) groups excluding carboxylic acids is 2. The monoisotopic (exact) mass is 235 g/mol. The molecular formula is C10H18ClNO3. The lowest BCUT2D eigenvalue weighted by atomic mass is 10.3. The van der Waals surface area contributed by atoms with Crippen LogP contribution in [0.15, 0.2) is 0 Å². The summed E-state index contributed by atoms with van der Waals surface area (Å²) < 4.78 is 4.61. The van der Waals surface area contributed by atoms with Crippen molar-refractivity contribution in [1.82, 2.24) is 4.90 Å². The zero-order valence-electron chi connectivity index (χ0n) is 9.29. The molecule has 0 saturated heterocycles. The molecule has 0 saturated carbocycles. The van der Waals surface area contributed by atoms with Gasteiger partial charge in [-0.2, -0.15) is 0 Å². The average Bonchev–Trinajstić information content (AvgIpc) is 2.23. The Morgan fingerprint density at radius 2 is 1.80 bits per heavy atom. The van der Waals surface area contributed by atoms with Crippen molar-refractivity contribution in [2.45, 2.75) is 26.7 Å². The van der Waals surface area contributed by atoms with Gasteiger partial charge < -0.3 is 9.64 Å². The van der Waals surface area contributed by atoms with Gasteiger partial charge >= 0.3 is 11.2 Å². The topological polar surface area (TPSA) is 46.6 Å². The van der Waals surface area contributed by atoms with Crippen LogP contribution in [-0.2, 0) is 14.3 Å². The molecule has 0 aromatic heterocycles. The lowest BCUT2D eigenvalue weighted by Crippen LogP contribution is -2.24. The van der Waals surface area contributed by atoms with E-state index in [1.54, 1.807) is 0 Å². The molecule has 0 aliphatic heterocycles. The quantitative estimate of drug-likeness (QED) is 0.276. The van der Waals surface area contributed by atoms with Crippen LogP contribution in [0.4, 0.5) is 0 Å². The van der Waals surface area contributed by atoms with Gasteiger partial charge in [0.05, 0.1) is 6.61 Å². The lowest BCUT2D eigenvalue weighted by Gasteiger charge is -2.17. The molecular weight excluding hydrogens is 218 g/mol. The highest BCUT2D eigenvalue weighted by atomic mass is 35.5. The van der Waals surface area contributed by atoms with Gasteiger partial charge in [-0.25, -0.2) is 4.79 Å². The van der Waals surface area contributed by atoms with E-state index in [0.717, 1.165) is 32.5 Å². The molecule has 88 valence electrons. The predicted molar refractivity (Wildman–Crippen MR) is 58.8 cm³/mol. The molecule has 15 heavy (non-hydrogen) atoms. The Bertz CT molecular complexity index is 205. The van der Waals surface area contributed by atoms with E-state index in [1.165, 1.54) is 0 Å². The number of unbranched alkanes of at least 4 members (excludes halogenated alkanes) is 1. The van der Waals surface area contributed by atoms with Gasteiger partial charge in [0.25, 0.3) is 0 Å². The molecule has 0 aromatic carbocycles. The highest BCUT2D eigenvalue weighted by Crippen LogP contribution is 1.96. The molecule has 4 nitrogen and oxygen atoms in total. The molecule has 0 rings (SSSR count). The SMILES string of the molecule is CCN(CC)CCCCOC(=O)C(=O)Cl. The average molecular weight is 236 g/mol. The van der Waals surface area contributed by atoms with E-state index >= 15 is 0 Å². The Labute approximate surface area is 95.5 Å². The molecule has 0 bridgehead atoms. The molecule has 0 unspecified atom stereocenters. The maximum atomic E-state index is 10.6. The van der Waals surface area contributed by atoms with Gasteiger partial charge in [-0.1, -0.05) is 13.8 Å². The second kappa shape index (κ2) is 8.68. The smallest absolute Gasteiger partial charge is 0.391 e. The largest absolute Gasteiger partial charge is 0.459 e. The number of rotatable bonds is 8. The summed E-state index contributed by atoms with van der Waals surface area (Å²) in [6, 6.07) is 0. The Balaban J connectivity index is 3.39. The van der Waals surface area contributed by atoms with Crippen molar-refractivity contribution in [3.05, 3.63) is 0 Å². The van der Waals surface area contributed by atoms with E-state index in [4.69, 9.17) is 11.6 Å². The molecule has 0 heterocycles. The molecule has 0 N–H and O–H groups in total. The fourth-order valence-corrected chi connectivity index (χ4v) is 1.25. The van der Waals surface area contributed by atoms with Crippen LogP contribution < -0.4 is 0 Å². The zero-order chi connectivity index (χ0) is 11.7. The molecule has 0 aromatic rings. The predicted octanol–water partition coefficient (Wildman–Crippen LogP) is 1.42. The van der Waals surface area contributed by atoms with E-state index in [2.05, 4.69) is 23.5 Å². The van der Waals surface area contributed by atoms with Crippen LogP contribution in [0.2, 0.25) is 0 Å². The maximum Gasteiger partial charge on any atom is 0.391 e. The summed E-state index contributed by atoms with van der Waals surface area (Å²) in [5.41, 5.74) is 0. The number of halogens is 1. The number of nitrogens with zero attached hydrogens (tertiary/aromatic N) is 1. The van der Waals surface area contributed by atoms with Gasteiger partial charge in [-0.15, -0.1) is 0 Å². The first kappa shape index (κ1) is 14.4. The van der Waals surface area contributed by atoms with Crippen LogP contribution in [0.5, 0.6) is 0 Å². The molecule has 0 atom stereocenters. The number of carbonyl (C=O) groups is 2. The van der Waals surface area contributed by atoms with Gasteiger partial charge in [-0.3, -0.25) is 4.79 Å². The highest BCUT2D eigenvalue weighted by molar-refractivity contribution is 6.80. The van der Waals surface area contributed by atoms with Crippen molar-refractivity contribution in [1.29, 1.82) is 0 Å². The zero-order valence-corrected chi connectivity index (χ0v) is 10.0. The Kier molecular flexibility index (Phi) is 8.33. The first-order valence-electron chi connectivity index (χ1n) is 5.20. The minimum absolute atomic E-state index is 0.262. The highest BCUT2D eigenvalue weighted by Gasteiger charge is 2.10. The fraction of sp³-hybridized carbons (Fsp3) is 0.800. The molecule has 0 fully saturated rings. The van der Waals surface area contributed by atoms with Crippen LogP contribution in [0, 0.1) is 0 Å².